The maximum Gasteiger partial charge on any atom is 0.250 e. The van der Waals surface area contributed by atoms with Crippen LogP contribution in [0.3, 0.4) is 0 Å². The fourth-order valence-corrected chi connectivity index (χ4v) is 5.88. The average molecular weight is 498 g/mol. The van der Waals surface area contributed by atoms with Crippen molar-refractivity contribution >= 4 is 51.3 Å². The number of guanidine groups is 1. The molecule has 1 aromatic rings. The standard InChI is InChI=1S/C16H26N4O2S2.HI/c1-13-4-5-14(23-13)24(21,22)19-10-9-18-15(17-2)20-11-8-16(12-20)6-3-7-16;/h4-5,19H,3,6-12H2,1-2H3,(H,17,18);1H. The zero-order chi connectivity index (χ0) is 17.2. The van der Waals surface area contributed by atoms with Crippen LogP contribution in [0.5, 0.6) is 0 Å². The van der Waals surface area contributed by atoms with E-state index in [-0.39, 0.29) is 24.0 Å². The van der Waals surface area contributed by atoms with Gasteiger partial charge < -0.3 is 10.2 Å². The van der Waals surface area contributed by atoms with Crippen molar-refractivity contribution in [3.05, 3.63) is 17.0 Å². The zero-order valence-corrected chi connectivity index (χ0v) is 18.7. The van der Waals surface area contributed by atoms with Crippen molar-refractivity contribution in [1.29, 1.82) is 0 Å². The molecule has 2 fully saturated rings. The molecule has 0 amide bonds. The Bertz CT molecular complexity index is 713. The summed E-state index contributed by atoms with van der Waals surface area (Å²) >= 11 is 1.29. The van der Waals surface area contributed by atoms with Crippen LogP contribution in [0.4, 0.5) is 0 Å². The van der Waals surface area contributed by atoms with E-state index in [1.54, 1.807) is 13.1 Å². The molecule has 0 radical (unpaired) electrons. The first-order valence-electron chi connectivity index (χ1n) is 8.46. The van der Waals surface area contributed by atoms with E-state index in [4.69, 9.17) is 0 Å². The van der Waals surface area contributed by atoms with Crippen molar-refractivity contribution < 1.29 is 8.42 Å². The van der Waals surface area contributed by atoms with Crippen molar-refractivity contribution in [3.8, 4) is 0 Å². The lowest BCUT2D eigenvalue weighted by atomic mass is 9.68. The van der Waals surface area contributed by atoms with Crippen LogP contribution >= 0.6 is 35.3 Å². The molecule has 142 valence electrons. The highest BCUT2D eigenvalue weighted by Crippen LogP contribution is 2.47. The minimum atomic E-state index is -3.40. The van der Waals surface area contributed by atoms with Gasteiger partial charge in [0.15, 0.2) is 5.96 Å². The zero-order valence-electron chi connectivity index (χ0n) is 14.7. The van der Waals surface area contributed by atoms with Crippen LogP contribution in [0.2, 0.25) is 0 Å². The largest absolute Gasteiger partial charge is 0.355 e. The van der Waals surface area contributed by atoms with Gasteiger partial charge in [0.05, 0.1) is 0 Å². The third-order valence-electron chi connectivity index (χ3n) is 5.04. The first-order chi connectivity index (χ1) is 11.4. The van der Waals surface area contributed by atoms with Crippen LogP contribution in [0.1, 0.15) is 30.6 Å². The Morgan fingerprint density at radius 2 is 2.08 bits per heavy atom. The molecule has 1 aromatic heterocycles. The normalized spacial score (nSPS) is 19.6. The molecular formula is C16H27IN4O2S2. The van der Waals surface area contributed by atoms with E-state index in [9.17, 15) is 8.42 Å². The minimum Gasteiger partial charge on any atom is -0.355 e. The molecule has 1 aliphatic heterocycles. The Labute approximate surface area is 171 Å². The van der Waals surface area contributed by atoms with Crippen molar-refractivity contribution in [1.82, 2.24) is 14.9 Å². The Morgan fingerprint density at radius 3 is 2.60 bits per heavy atom. The maximum absolute atomic E-state index is 12.2. The summed E-state index contributed by atoms with van der Waals surface area (Å²) in [5.74, 6) is 0.880. The van der Waals surface area contributed by atoms with Crippen molar-refractivity contribution in [2.24, 2.45) is 10.4 Å². The Kier molecular flexibility index (Phi) is 7.14. The fourth-order valence-electron chi connectivity index (χ4n) is 3.52. The molecule has 2 N–H and O–H groups in total. The number of rotatable bonds is 5. The predicted molar refractivity (Wildman–Crippen MR) is 113 cm³/mol. The molecule has 9 heteroatoms. The lowest BCUT2D eigenvalue weighted by Gasteiger charge is -2.38. The van der Waals surface area contributed by atoms with Gasteiger partial charge in [-0.25, -0.2) is 13.1 Å². The predicted octanol–water partition coefficient (Wildman–Crippen LogP) is 2.40. The summed E-state index contributed by atoms with van der Waals surface area (Å²) in [5.41, 5.74) is 0.524. The van der Waals surface area contributed by atoms with Crippen molar-refractivity contribution in [2.75, 3.05) is 33.2 Å². The number of aliphatic imine (C=N–C) groups is 1. The number of aryl methyl sites for hydroxylation is 1. The number of nitrogens with zero attached hydrogens (tertiary/aromatic N) is 2. The number of likely N-dealkylation sites (tertiary alicyclic amines) is 1. The number of hydrogen-bond acceptors (Lipinski definition) is 4. The van der Waals surface area contributed by atoms with Gasteiger partial charge in [-0.1, -0.05) is 6.42 Å². The van der Waals surface area contributed by atoms with E-state index in [1.165, 1.54) is 37.0 Å². The van der Waals surface area contributed by atoms with Crippen LogP contribution in [0, 0.1) is 12.3 Å². The average Bonchev–Trinajstić information content (AvgIpc) is 3.14. The van der Waals surface area contributed by atoms with Gasteiger partial charge in [-0.05, 0) is 43.7 Å². The third kappa shape index (κ3) is 4.86. The number of halogens is 1. The molecule has 0 atom stereocenters. The second-order valence-electron chi connectivity index (χ2n) is 6.76. The molecule has 1 aliphatic carbocycles. The first-order valence-corrected chi connectivity index (χ1v) is 10.8. The van der Waals surface area contributed by atoms with Crippen LogP contribution < -0.4 is 10.0 Å². The molecule has 6 nitrogen and oxygen atoms in total. The molecular weight excluding hydrogens is 471 g/mol. The summed E-state index contributed by atoms with van der Waals surface area (Å²) in [6.45, 7) is 4.89. The molecule has 1 saturated carbocycles. The monoisotopic (exact) mass is 498 g/mol. The van der Waals surface area contributed by atoms with Crippen LogP contribution in [0.25, 0.3) is 0 Å². The number of sulfonamides is 1. The third-order valence-corrected chi connectivity index (χ3v) is 8.00. The van der Waals surface area contributed by atoms with Gasteiger partial charge in [-0.3, -0.25) is 4.99 Å². The summed E-state index contributed by atoms with van der Waals surface area (Å²) in [5, 5.41) is 3.28. The summed E-state index contributed by atoms with van der Waals surface area (Å²) in [6.07, 6.45) is 5.27. The highest BCUT2D eigenvalue weighted by molar-refractivity contribution is 14.0. The van der Waals surface area contributed by atoms with Gasteiger partial charge in [0.25, 0.3) is 0 Å². The lowest BCUT2D eigenvalue weighted by molar-refractivity contribution is 0.151. The first kappa shape index (κ1) is 20.9. The Balaban J connectivity index is 0.00000225. The van der Waals surface area contributed by atoms with Crippen LogP contribution in [-0.2, 0) is 10.0 Å². The van der Waals surface area contributed by atoms with E-state index in [1.807, 2.05) is 13.0 Å². The SMILES string of the molecule is CN=C(NCCNS(=O)(=O)c1ccc(C)s1)N1CCC2(CCC2)C1.I. The summed E-state index contributed by atoms with van der Waals surface area (Å²) in [6, 6.07) is 3.47. The number of nitrogens with one attached hydrogen (secondary N) is 2. The van der Waals surface area contributed by atoms with Gasteiger partial charge in [0.2, 0.25) is 10.0 Å². The van der Waals surface area contributed by atoms with Crippen molar-refractivity contribution in [3.63, 3.8) is 0 Å². The fraction of sp³-hybridized carbons (Fsp3) is 0.688. The Morgan fingerprint density at radius 1 is 1.32 bits per heavy atom. The molecule has 0 bridgehead atoms. The summed E-state index contributed by atoms with van der Waals surface area (Å²) < 4.78 is 27.4. The van der Waals surface area contributed by atoms with Gasteiger partial charge in [0, 0.05) is 38.1 Å². The van der Waals surface area contributed by atoms with Crippen LogP contribution in [-0.4, -0.2) is 52.5 Å². The highest BCUT2D eigenvalue weighted by atomic mass is 127. The molecule has 2 heterocycles. The van der Waals surface area contributed by atoms with E-state index < -0.39 is 10.0 Å². The van der Waals surface area contributed by atoms with Gasteiger partial charge in [-0.15, -0.1) is 35.3 Å². The molecule has 2 aliphatic rings. The molecule has 0 unspecified atom stereocenters. The molecule has 25 heavy (non-hydrogen) atoms. The minimum absolute atomic E-state index is 0. The van der Waals surface area contributed by atoms with Gasteiger partial charge in [0.1, 0.15) is 4.21 Å². The van der Waals surface area contributed by atoms with E-state index in [0.717, 1.165) is 23.9 Å². The van der Waals surface area contributed by atoms with E-state index in [0.29, 0.717) is 22.7 Å². The molecule has 0 aromatic carbocycles. The summed E-state index contributed by atoms with van der Waals surface area (Å²) in [7, 11) is -1.62. The van der Waals surface area contributed by atoms with E-state index >= 15 is 0 Å². The highest BCUT2D eigenvalue weighted by Gasteiger charge is 2.43. The second-order valence-corrected chi connectivity index (χ2v) is 10.0. The van der Waals surface area contributed by atoms with Gasteiger partial charge in [-0.2, -0.15) is 0 Å². The second kappa shape index (κ2) is 8.53. The number of hydrogen-bond donors (Lipinski definition) is 2. The molecule has 1 spiro atoms. The topological polar surface area (TPSA) is 73.8 Å². The van der Waals surface area contributed by atoms with Crippen molar-refractivity contribution in [2.45, 2.75) is 36.8 Å². The Hall–Kier alpha value is -0.390. The lowest BCUT2D eigenvalue weighted by Crippen LogP contribution is -2.44. The maximum atomic E-state index is 12.2. The summed E-state index contributed by atoms with van der Waals surface area (Å²) in [4.78, 5) is 7.64. The quantitative estimate of drug-likeness (QED) is 0.283. The molecule has 3 rings (SSSR count). The van der Waals surface area contributed by atoms with Crippen LogP contribution in [0.15, 0.2) is 21.3 Å². The number of thiophene rings is 1. The van der Waals surface area contributed by atoms with E-state index in [2.05, 4.69) is 19.9 Å². The smallest absolute Gasteiger partial charge is 0.250 e. The molecule has 1 saturated heterocycles. The van der Waals surface area contributed by atoms with Gasteiger partial charge >= 0.3 is 0 Å².